The summed E-state index contributed by atoms with van der Waals surface area (Å²) in [4.78, 5) is 4.53. The fraction of sp³-hybridized carbons (Fsp3) is 0.308. The summed E-state index contributed by atoms with van der Waals surface area (Å²) in [5.74, 6) is 0. The minimum atomic E-state index is -0.377. The van der Waals surface area contributed by atoms with Gasteiger partial charge in [-0.15, -0.1) is 11.3 Å². The first-order valence-electron chi connectivity index (χ1n) is 5.47. The van der Waals surface area contributed by atoms with E-state index in [1.165, 1.54) is 5.56 Å². The van der Waals surface area contributed by atoms with E-state index in [1.807, 2.05) is 17.5 Å². The van der Waals surface area contributed by atoms with Crippen molar-refractivity contribution in [1.82, 2.24) is 4.98 Å². The molecule has 3 nitrogen and oxygen atoms in total. The minimum Gasteiger partial charge on any atom is -0.350 e. The van der Waals surface area contributed by atoms with Gasteiger partial charge in [0.05, 0.1) is 5.01 Å². The molecular weight excluding hydrogens is 314 g/mol. The molecule has 18 heavy (non-hydrogen) atoms. The van der Waals surface area contributed by atoms with Crippen LogP contribution in [0.25, 0.3) is 0 Å². The molecule has 0 saturated carbocycles. The number of hydrogen-bond acceptors (Lipinski definition) is 4. The maximum Gasteiger partial charge on any atom is 0.201 e. The summed E-state index contributed by atoms with van der Waals surface area (Å²) in [6, 6.07) is 8.24. The lowest BCUT2D eigenvalue weighted by atomic mass is 10.2. The average Bonchev–Trinajstić information content (AvgIpc) is 2.79. The van der Waals surface area contributed by atoms with Crippen LogP contribution in [-0.4, -0.2) is 19.2 Å². The maximum absolute atomic E-state index is 5.18. The second kappa shape index (κ2) is 6.43. The van der Waals surface area contributed by atoms with Crippen LogP contribution < -0.4 is 0 Å². The van der Waals surface area contributed by atoms with Crippen LogP contribution in [0.4, 0.5) is 0 Å². The molecule has 0 saturated heterocycles. The number of rotatable bonds is 5. The van der Waals surface area contributed by atoms with Crippen LogP contribution in [0.3, 0.4) is 0 Å². The Bertz CT molecular complexity index is 511. The van der Waals surface area contributed by atoms with Crippen molar-refractivity contribution in [3.63, 3.8) is 0 Å². The van der Waals surface area contributed by atoms with Gasteiger partial charge < -0.3 is 9.47 Å². The van der Waals surface area contributed by atoms with E-state index in [9.17, 15) is 0 Å². The lowest BCUT2D eigenvalue weighted by molar-refractivity contribution is -0.108. The predicted molar refractivity (Wildman–Crippen MR) is 75.8 cm³/mol. The molecule has 96 valence electrons. The molecule has 0 aliphatic carbocycles. The molecule has 1 aromatic carbocycles. The number of ether oxygens (including phenoxy) is 2. The Balaban J connectivity index is 2.11. The van der Waals surface area contributed by atoms with Gasteiger partial charge in [0.25, 0.3) is 0 Å². The summed E-state index contributed by atoms with van der Waals surface area (Å²) in [5, 5.41) is 3.03. The molecule has 0 aliphatic heterocycles. The number of halogens is 1. The van der Waals surface area contributed by atoms with E-state index in [4.69, 9.17) is 9.47 Å². The summed E-state index contributed by atoms with van der Waals surface area (Å²) in [6.07, 6.45) is 0.446. The van der Waals surface area contributed by atoms with E-state index in [2.05, 4.69) is 33.0 Å². The van der Waals surface area contributed by atoms with E-state index in [0.29, 0.717) is 0 Å². The van der Waals surface area contributed by atoms with E-state index >= 15 is 0 Å². The van der Waals surface area contributed by atoms with Crippen LogP contribution in [0.2, 0.25) is 0 Å². The van der Waals surface area contributed by atoms with E-state index in [0.717, 1.165) is 21.6 Å². The number of thiazole rings is 1. The SMILES string of the molecule is COC(OC)c1csc(Cc2cccc(Br)c2)n1. The van der Waals surface area contributed by atoms with Crippen molar-refractivity contribution in [3.05, 3.63) is 50.4 Å². The highest BCUT2D eigenvalue weighted by Gasteiger charge is 2.13. The van der Waals surface area contributed by atoms with Crippen LogP contribution in [0.15, 0.2) is 34.1 Å². The Morgan fingerprint density at radius 1 is 1.33 bits per heavy atom. The molecule has 1 heterocycles. The lowest BCUT2D eigenvalue weighted by Crippen LogP contribution is -2.04. The first-order chi connectivity index (χ1) is 8.72. The summed E-state index contributed by atoms with van der Waals surface area (Å²) in [5.41, 5.74) is 2.06. The molecule has 0 bridgehead atoms. The fourth-order valence-electron chi connectivity index (χ4n) is 1.67. The Kier molecular flexibility index (Phi) is 4.88. The van der Waals surface area contributed by atoms with Gasteiger partial charge in [-0.05, 0) is 17.7 Å². The highest BCUT2D eigenvalue weighted by Crippen LogP contribution is 2.22. The summed E-state index contributed by atoms with van der Waals surface area (Å²) in [6.45, 7) is 0. The molecule has 1 aromatic heterocycles. The van der Waals surface area contributed by atoms with Crippen molar-refractivity contribution in [2.24, 2.45) is 0 Å². The Morgan fingerprint density at radius 2 is 2.11 bits per heavy atom. The van der Waals surface area contributed by atoms with Crippen molar-refractivity contribution in [2.75, 3.05) is 14.2 Å². The third-order valence-corrected chi connectivity index (χ3v) is 3.84. The molecular formula is C13H14BrNO2S. The van der Waals surface area contributed by atoms with Crippen LogP contribution in [0, 0.1) is 0 Å². The van der Waals surface area contributed by atoms with Gasteiger partial charge in [0, 0.05) is 30.5 Å². The lowest BCUT2D eigenvalue weighted by Gasteiger charge is -2.09. The normalized spacial score (nSPS) is 11.1. The monoisotopic (exact) mass is 327 g/mol. The zero-order valence-corrected chi connectivity index (χ0v) is 12.6. The van der Waals surface area contributed by atoms with Crippen molar-refractivity contribution in [2.45, 2.75) is 12.7 Å². The second-order valence-corrected chi connectivity index (χ2v) is 5.63. The molecule has 0 fully saturated rings. The van der Waals surface area contributed by atoms with Gasteiger partial charge in [0.1, 0.15) is 5.69 Å². The Morgan fingerprint density at radius 3 is 2.78 bits per heavy atom. The molecule has 2 aromatic rings. The maximum atomic E-state index is 5.18. The Labute approximate surface area is 119 Å². The molecule has 0 radical (unpaired) electrons. The largest absolute Gasteiger partial charge is 0.350 e. The second-order valence-electron chi connectivity index (χ2n) is 3.78. The number of nitrogens with zero attached hydrogens (tertiary/aromatic N) is 1. The van der Waals surface area contributed by atoms with Crippen molar-refractivity contribution in [1.29, 1.82) is 0 Å². The fourth-order valence-corrected chi connectivity index (χ4v) is 2.95. The van der Waals surface area contributed by atoms with E-state index in [-0.39, 0.29) is 6.29 Å². The van der Waals surface area contributed by atoms with Crippen molar-refractivity contribution >= 4 is 27.3 Å². The molecule has 0 amide bonds. The van der Waals surface area contributed by atoms with Gasteiger partial charge in [0.2, 0.25) is 6.29 Å². The average molecular weight is 328 g/mol. The first-order valence-corrected chi connectivity index (χ1v) is 7.14. The van der Waals surface area contributed by atoms with Gasteiger partial charge >= 0.3 is 0 Å². The number of hydrogen-bond donors (Lipinski definition) is 0. The Hall–Kier alpha value is -0.750. The third kappa shape index (κ3) is 3.38. The topological polar surface area (TPSA) is 31.4 Å². The zero-order chi connectivity index (χ0) is 13.0. The number of methoxy groups -OCH3 is 2. The highest BCUT2D eigenvalue weighted by atomic mass is 79.9. The summed E-state index contributed by atoms with van der Waals surface area (Å²) >= 11 is 5.09. The predicted octanol–water partition coefficient (Wildman–Crippen LogP) is 3.79. The minimum absolute atomic E-state index is 0.377. The molecule has 2 rings (SSSR count). The quantitative estimate of drug-likeness (QED) is 0.783. The highest BCUT2D eigenvalue weighted by molar-refractivity contribution is 9.10. The van der Waals surface area contributed by atoms with Crippen molar-refractivity contribution in [3.8, 4) is 0 Å². The van der Waals surface area contributed by atoms with Gasteiger partial charge in [-0.3, -0.25) is 0 Å². The zero-order valence-electron chi connectivity index (χ0n) is 10.2. The van der Waals surface area contributed by atoms with Crippen molar-refractivity contribution < 1.29 is 9.47 Å². The van der Waals surface area contributed by atoms with Gasteiger partial charge in [-0.2, -0.15) is 0 Å². The van der Waals surface area contributed by atoms with Crippen LogP contribution in [0.1, 0.15) is 22.6 Å². The molecule has 0 unspecified atom stereocenters. The molecule has 0 N–H and O–H groups in total. The van der Waals surface area contributed by atoms with Crippen LogP contribution in [-0.2, 0) is 15.9 Å². The van der Waals surface area contributed by atoms with Gasteiger partial charge in [0.15, 0.2) is 0 Å². The van der Waals surface area contributed by atoms with E-state index < -0.39 is 0 Å². The number of aromatic nitrogens is 1. The molecule has 0 aliphatic rings. The standard InChI is InChI=1S/C13H14BrNO2S/c1-16-13(17-2)11-8-18-12(15-11)7-9-4-3-5-10(14)6-9/h3-6,8,13H,7H2,1-2H3. The van der Waals surface area contributed by atoms with Gasteiger partial charge in [-0.1, -0.05) is 28.1 Å². The smallest absolute Gasteiger partial charge is 0.201 e. The summed E-state index contributed by atoms with van der Waals surface area (Å²) < 4.78 is 11.5. The summed E-state index contributed by atoms with van der Waals surface area (Å²) in [7, 11) is 3.23. The molecule has 0 atom stereocenters. The number of benzene rings is 1. The van der Waals surface area contributed by atoms with E-state index in [1.54, 1.807) is 25.6 Å². The van der Waals surface area contributed by atoms with Crippen LogP contribution in [0.5, 0.6) is 0 Å². The molecule has 0 spiro atoms. The van der Waals surface area contributed by atoms with Crippen LogP contribution >= 0.6 is 27.3 Å². The first kappa shape index (κ1) is 13.7. The third-order valence-electron chi connectivity index (χ3n) is 2.48. The molecule has 5 heteroatoms. The van der Waals surface area contributed by atoms with Gasteiger partial charge in [-0.25, -0.2) is 4.98 Å².